The van der Waals surface area contributed by atoms with Crippen LogP contribution in [-0.2, 0) is 20.9 Å². The van der Waals surface area contributed by atoms with E-state index in [0.29, 0.717) is 29.2 Å². The van der Waals surface area contributed by atoms with E-state index in [9.17, 15) is 9.59 Å². The molecule has 0 bridgehead atoms. The third-order valence-corrected chi connectivity index (χ3v) is 3.68. The predicted molar refractivity (Wildman–Crippen MR) is 75.4 cm³/mol. The molecule has 1 heterocycles. The molecule has 7 heteroatoms. The van der Waals surface area contributed by atoms with Crippen LogP contribution >= 0.6 is 11.6 Å². The molecule has 1 fully saturated rings. The number of carbonyl (C=O) groups is 2. The number of methoxy groups -OCH3 is 1. The summed E-state index contributed by atoms with van der Waals surface area (Å²) in [6, 6.07) is 5.21. The number of halogens is 1. The molecular formula is C14H16ClNO5. The molecule has 2 atom stereocenters. The Bertz CT molecular complexity index is 548. The van der Waals surface area contributed by atoms with Gasteiger partial charge in [-0.15, -0.1) is 0 Å². The second-order valence-electron chi connectivity index (χ2n) is 4.67. The maximum Gasteiger partial charge on any atom is 0.332 e. The summed E-state index contributed by atoms with van der Waals surface area (Å²) in [5, 5.41) is 12.0. The summed E-state index contributed by atoms with van der Waals surface area (Å²) < 4.78 is 10.4. The molecule has 0 aromatic heterocycles. The minimum atomic E-state index is -1.04. The molecule has 21 heavy (non-hydrogen) atoms. The Balaban J connectivity index is 1.95. The number of carbonyl (C=O) groups excluding carboxylic acids is 1. The van der Waals surface area contributed by atoms with Crippen LogP contribution in [0.2, 0.25) is 5.02 Å². The van der Waals surface area contributed by atoms with Gasteiger partial charge in [0.2, 0.25) is 5.91 Å². The highest BCUT2D eigenvalue weighted by Crippen LogP contribution is 2.26. The van der Waals surface area contributed by atoms with E-state index in [1.54, 1.807) is 18.2 Å². The third kappa shape index (κ3) is 3.65. The van der Waals surface area contributed by atoms with E-state index in [1.807, 2.05) is 0 Å². The molecule has 2 N–H and O–H groups in total. The fraction of sp³-hybridized carbons (Fsp3) is 0.429. The van der Waals surface area contributed by atoms with Gasteiger partial charge in [-0.25, -0.2) is 4.79 Å². The van der Waals surface area contributed by atoms with Crippen molar-refractivity contribution in [3.63, 3.8) is 0 Å². The quantitative estimate of drug-likeness (QED) is 0.862. The fourth-order valence-corrected chi connectivity index (χ4v) is 2.44. The van der Waals surface area contributed by atoms with E-state index in [-0.39, 0.29) is 12.5 Å². The van der Waals surface area contributed by atoms with Gasteiger partial charge in [0.15, 0.2) is 6.10 Å². The molecule has 0 unspecified atom stereocenters. The van der Waals surface area contributed by atoms with E-state index in [1.165, 1.54) is 7.11 Å². The van der Waals surface area contributed by atoms with Gasteiger partial charge in [0.1, 0.15) is 11.9 Å². The Labute approximate surface area is 127 Å². The number of hydrogen-bond donors (Lipinski definition) is 2. The van der Waals surface area contributed by atoms with Crippen LogP contribution in [0.25, 0.3) is 0 Å². The maximum atomic E-state index is 12.0. The standard InChI is InChI=1S/C14H16ClNO5/c1-20-10-4-2-3-9(15)8(10)7-16-13(17)11-5-6-12(21-11)14(18)19/h2-4,11-12H,5-7H2,1H3,(H,16,17)(H,18,19)/t11-,12+/m0/s1. The van der Waals surface area contributed by atoms with Crippen LogP contribution in [0.1, 0.15) is 18.4 Å². The molecule has 0 radical (unpaired) electrons. The number of amides is 1. The minimum absolute atomic E-state index is 0.194. The van der Waals surface area contributed by atoms with E-state index in [4.69, 9.17) is 26.2 Å². The Kier molecular flexibility index (Phi) is 5.03. The van der Waals surface area contributed by atoms with Crippen molar-refractivity contribution in [2.75, 3.05) is 7.11 Å². The summed E-state index contributed by atoms with van der Waals surface area (Å²) in [4.78, 5) is 22.8. The molecule has 1 aliphatic rings. The van der Waals surface area contributed by atoms with Crippen LogP contribution in [-0.4, -0.2) is 36.3 Å². The summed E-state index contributed by atoms with van der Waals surface area (Å²) in [7, 11) is 1.52. The highest BCUT2D eigenvalue weighted by atomic mass is 35.5. The zero-order chi connectivity index (χ0) is 15.4. The van der Waals surface area contributed by atoms with Crippen molar-refractivity contribution in [2.24, 2.45) is 0 Å². The predicted octanol–water partition coefficient (Wildman–Crippen LogP) is 1.60. The van der Waals surface area contributed by atoms with Gasteiger partial charge in [0.05, 0.1) is 7.11 Å². The first kappa shape index (κ1) is 15.6. The van der Waals surface area contributed by atoms with Crippen LogP contribution < -0.4 is 10.1 Å². The SMILES string of the molecule is COc1cccc(Cl)c1CNC(=O)[C@@H]1CC[C@H](C(=O)O)O1. The minimum Gasteiger partial charge on any atom is -0.496 e. The van der Waals surface area contributed by atoms with Crippen molar-refractivity contribution in [2.45, 2.75) is 31.6 Å². The van der Waals surface area contributed by atoms with E-state index in [2.05, 4.69) is 5.32 Å². The van der Waals surface area contributed by atoms with Crippen molar-refractivity contribution in [1.82, 2.24) is 5.32 Å². The summed E-state index contributed by atoms with van der Waals surface area (Å²) in [5.74, 6) is -0.808. The molecule has 1 aromatic carbocycles. The largest absolute Gasteiger partial charge is 0.496 e. The molecule has 1 aromatic rings. The van der Waals surface area contributed by atoms with Crippen molar-refractivity contribution in [3.8, 4) is 5.75 Å². The second kappa shape index (κ2) is 6.78. The van der Waals surface area contributed by atoms with Gasteiger partial charge in [-0.3, -0.25) is 4.79 Å². The molecule has 1 aliphatic heterocycles. The van der Waals surface area contributed by atoms with E-state index < -0.39 is 18.2 Å². The van der Waals surface area contributed by atoms with Crippen LogP contribution in [0.15, 0.2) is 18.2 Å². The number of hydrogen-bond acceptors (Lipinski definition) is 4. The summed E-state index contributed by atoms with van der Waals surface area (Å²) in [6.07, 6.45) is -0.916. The molecule has 0 saturated carbocycles. The second-order valence-corrected chi connectivity index (χ2v) is 5.07. The van der Waals surface area contributed by atoms with Crippen LogP contribution in [0.5, 0.6) is 5.75 Å². The van der Waals surface area contributed by atoms with Gasteiger partial charge in [-0.05, 0) is 25.0 Å². The summed E-state index contributed by atoms with van der Waals surface area (Å²) in [6.45, 7) is 0.194. The number of nitrogens with one attached hydrogen (secondary N) is 1. The van der Waals surface area contributed by atoms with Crippen molar-refractivity contribution in [1.29, 1.82) is 0 Å². The zero-order valence-electron chi connectivity index (χ0n) is 11.5. The Morgan fingerprint density at radius 3 is 2.76 bits per heavy atom. The van der Waals surface area contributed by atoms with Gasteiger partial charge in [0.25, 0.3) is 0 Å². The topological polar surface area (TPSA) is 84.9 Å². The average Bonchev–Trinajstić information content (AvgIpc) is 2.95. The van der Waals surface area contributed by atoms with E-state index >= 15 is 0 Å². The molecule has 0 aliphatic carbocycles. The van der Waals surface area contributed by atoms with Crippen LogP contribution in [0, 0.1) is 0 Å². The lowest BCUT2D eigenvalue weighted by Crippen LogP contribution is -2.35. The first-order valence-electron chi connectivity index (χ1n) is 6.50. The number of carboxylic acid groups (broad SMARTS) is 1. The van der Waals surface area contributed by atoms with Gasteiger partial charge in [0, 0.05) is 17.1 Å². The average molecular weight is 314 g/mol. The lowest BCUT2D eigenvalue weighted by molar-refractivity contribution is -0.151. The first-order valence-corrected chi connectivity index (χ1v) is 6.88. The highest BCUT2D eigenvalue weighted by Gasteiger charge is 2.34. The van der Waals surface area contributed by atoms with Crippen molar-refractivity contribution >= 4 is 23.5 Å². The number of aliphatic carboxylic acids is 1. The number of ether oxygens (including phenoxy) is 2. The van der Waals surface area contributed by atoms with Crippen molar-refractivity contribution < 1.29 is 24.2 Å². The van der Waals surface area contributed by atoms with Gasteiger partial charge in [-0.1, -0.05) is 17.7 Å². The number of carboxylic acids is 1. The molecule has 0 spiro atoms. The van der Waals surface area contributed by atoms with Crippen LogP contribution in [0.4, 0.5) is 0 Å². The third-order valence-electron chi connectivity index (χ3n) is 3.32. The Morgan fingerprint density at radius 1 is 1.43 bits per heavy atom. The Morgan fingerprint density at radius 2 is 2.14 bits per heavy atom. The maximum absolute atomic E-state index is 12.0. The van der Waals surface area contributed by atoms with Gasteiger partial charge < -0.3 is 19.9 Å². The monoisotopic (exact) mass is 313 g/mol. The molecule has 1 amide bonds. The van der Waals surface area contributed by atoms with Crippen molar-refractivity contribution in [3.05, 3.63) is 28.8 Å². The Hall–Kier alpha value is -1.79. The highest BCUT2D eigenvalue weighted by molar-refractivity contribution is 6.31. The lowest BCUT2D eigenvalue weighted by Gasteiger charge is -2.14. The molecule has 114 valence electrons. The zero-order valence-corrected chi connectivity index (χ0v) is 12.2. The smallest absolute Gasteiger partial charge is 0.332 e. The van der Waals surface area contributed by atoms with E-state index in [0.717, 1.165) is 0 Å². The normalized spacial score (nSPS) is 21.0. The molecular weight excluding hydrogens is 298 g/mol. The van der Waals surface area contributed by atoms with Gasteiger partial charge >= 0.3 is 5.97 Å². The molecule has 6 nitrogen and oxygen atoms in total. The number of benzene rings is 1. The lowest BCUT2D eigenvalue weighted by atomic mass is 10.1. The molecule has 2 rings (SSSR count). The summed E-state index contributed by atoms with van der Waals surface area (Å²) in [5.41, 5.74) is 0.669. The fourth-order valence-electron chi connectivity index (χ4n) is 2.20. The van der Waals surface area contributed by atoms with Crippen LogP contribution in [0.3, 0.4) is 0 Å². The molecule has 1 saturated heterocycles. The first-order chi connectivity index (χ1) is 10.0. The van der Waals surface area contributed by atoms with Gasteiger partial charge in [-0.2, -0.15) is 0 Å². The summed E-state index contributed by atoms with van der Waals surface area (Å²) >= 11 is 6.08. The number of rotatable bonds is 5.